The molecule has 0 heterocycles. The van der Waals surface area contributed by atoms with Crippen LogP contribution in [0.5, 0.6) is 0 Å². The molecule has 0 aromatic heterocycles. The number of esters is 1. The van der Waals surface area contributed by atoms with Gasteiger partial charge in [0.2, 0.25) is 0 Å². The van der Waals surface area contributed by atoms with Crippen LogP contribution in [0.4, 0.5) is 0 Å². The van der Waals surface area contributed by atoms with Gasteiger partial charge in [-0.15, -0.1) is 0 Å². The van der Waals surface area contributed by atoms with Crippen LogP contribution >= 0.6 is 0 Å². The van der Waals surface area contributed by atoms with Gasteiger partial charge in [0.1, 0.15) is 0 Å². The van der Waals surface area contributed by atoms with Gasteiger partial charge in [-0.1, -0.05) is 12.1 Å². The summed E-state index contributed by atoms with van der Waals surface area (Å²) in [7, 11) is 1.33. The van der Waals surface area contributed by atoms with E-state index >= 15 is 0 Å². The predicted molar refractivity (Wildman–Crippen MR) is 51.8 cm³/mol. The molecule has 1 aromatic rings. The molecule has 76 valence electrons. The fraction of sp³-hybridized carbons (Fsp3) is 0.300. The fourth-order valence-corrected chi connectivity index (χ4v) is 1.09. The molecular weight excluding hydrogens is 182 g/mol. The van der Waals surface area contributed by atoms with E-state index in [0.29, 0.717) is 5.56 Å². The molecule has 14 heavy (non-hydrogen) atoms. The Morgan fingerprint density at radius 2 is 2.07 bits per heavy atom. The van der Waals surface area contributed by atoms with Crippen LogP contribution in [0.2, 0.25) is 0 Å². The lowest BCUT2D eigenvalue weighted by Gasteiger charge is -2.08. The van der Waals surface area contributed by atoms with E-state index in [4.69, 9.17) is 10.8 Å². The van der Waals surface area contributed by atoms with Crippen LogP contribution in [0.15, 0.2) is 24.3 Å². The zero-order valence-corrected chi connectivity index (χ0v) is 7.93. The Morgan fingerprint density at radius 3 is 2.50 bits per heavy atom. The van der Waals surface area contributed by atoms with Crippen molar-refractivity contribution in [1.82, 2.24) is 0 Å². The molecule has 0 aliphatic carbocycles. The first-order valence-corrected chi connectivity index (χ1v) is 4.23. The van der Waals surface area contributed by atoms with E-state index < -0.39 is 6.04 Å². The average Bonchev–Trinajstić information content (AvgIpc) is 2.27. The van der Waals surface area contributed by atoms with Gasteiger partial charge in [0.05, 0.1) is 25.3 Å². The van der Waals surface area contributed by atoms with E-state index in [9.17, 15) is 4.79 Å². The highest BCUT2D eigenvalue weighted by Gasteiger charge is 2.07. The number of ether oxygens (including phenoxy) is 1. The molecule has 0 amide bonds. The quantitative estimate of drug-likeness (QED) is 0.687. The second-order valence-electron chi connectivity index (χ2n) is 2.90. The highest BCUT2D eigenvalue weighted by Crippen LogP contribution is 2.11. The van der Waals surface area contributed by atoms with E-state index in [-0.39, 0.29) is 12.6 Å². The van der Waals surface area contributed by atoms with E-state index in [2.05, 4.69) is 4.74 Å². The maximum Gasteiger partial charge on any atom is 0.337 e. The smallest absolute Gasteiger partial charge is 0.337 e. The normalized spacial score (nSPS) is 12.2. The van der Waals surface area contributed by atoms with E-state index in [0.717, 1.165) is 5.56 Å². The first kappa shape index (κ1) is 10.7. The van der Waals surface area contributed by atoms with Crippen molar-refractivity contribution in [2.75, 3.05) is 13.7 Å². The summed E-state index contributed by atoms with van der Waals surface area (Å²) in [5, 5.41) is 8.80. The van der Waals surface area contributed by atoms with Crippen molar-refractivity contribution in [3.05, 3.63) is 35.4 Å². The van der Waals surface area contributed by atoms with Crippen LogP contribution in [-0.4, -0.2) is 24.8 Å². The van der Waals surface area contributed by atoms with Gasteiger partial charge in [-0.2, -0.15) is 0 Å². The molecule has 4 heteroatoms. The molecule has 0 spiro atoms. The minimum atomic E-state index is -0.401. The Balaban J connectivity index is 2.83. The fourth-order valence-electron chi connectivity index (χ4n) is 1.09. The molecule has 4 nitrogen and oxygen atoms in total. The van der Waals surface area contributed by atoms with Gasteiger partial charge in [-0.25, -0.2) is 4.79 Å². The monoisotopic (exact) mass is 195 g/mol. The summed E-state index contributed by atoms with van der Waals surface area (Å²) in [5.74, 6) is -0.380. The van der Waals surface area contributed by atoms with Crippen molar-refractivity contribution in [2.24, 2.45) is 5.73 Å². The minimum absolute atomic E-state index is 0.114. The van der Waals surface area contributed by atoms with Gasteiger partial charge in [-0.05, 0) is 17.7 Å². The first-order valence-electron chi connectivity index (χ1n) is 4.23. The molecule has 0 aliphatic heterocycles. The van der Waals surface area contributed by atoms with Gasteiger partial charge in [0.15, 0.2) is 0 Å². The molecule has 1 rings (SSSR count). The number of hydrogen-bond donors (Lipinski definition) is 2. The number of benzene rings is 1. The zero-order valence-electron chi connectivity index (χ0n) is 7.93. The van der Waals surface area contributed by atoms with E-state index in [1.807, 2.05) is 0 Å². The lowest BCUT2D eigenvalue weighted by Crippen LogP contribution is -2.14. The molecule has 0 bridgehead atoms. The van der Waals surface area contributed by atoms with E-state index in [1.54, 1.807) is 24.3 Å². The Hall–Kier alpha value is -1.39. The first-order chi connectivity index (χ1) is 6.69. The maximum atomic E-state index is 11.1. The SMILES string of the molecule is COC(=O)c1ccc([C@@H](N)CO)cc1. The third kappa shape index (κ3) is 2.31. The number of nitrogens with two attached hydrogens (primary N) is 1. The van der Waals surface area contributed by atoms with Crippen molar-refractivity contribution in [1.29, 1.82) is 0 Å². The van der Waals surface area contributed by atoms with Gasteiger partial charge >= 0.3 is 5.97 Å². The largest absolute Gasteiger partial charge is 0.465 e. The summed E-state index contributed by atoms with van der Waals surface area (Å²) in [5.41, 5.74) is 6.85. The molecule has 3 N–H and O–H groups in total. The van der Waals surface area contributed by atoms with Crippen molar-refractivity contribution in [3.63, 3.8) is 0 Å². The topological polar surface area (TPSA) is 72.5 Å². The standard InChI is InChI=1S/C10H13NO3/c1-14-10(13)8-4-2-7(3-5-8)9(11)6-12/h2-5,9,12H,6,11H2,1H3/t9-/m0/s1. The number of methoxy groups -OCH3 is 1. The number of aliphatic hydroxyl groups excluding tert-OH is 1. The highest BCUT2D eigenvalue weighted by atomic mass is 16.5. The summed E-state index contributed by atoms with van der Waals surface area (Å²) < 4.78 is 4.54. The van der Waals surface area contributed by atoms with Gasteiger partial charge in [0.25, 0.3) is 0 Å². The summed E-state index contributed by atoms with van der Waals surface area (Å²) >= 11 is 0. The Labute approximate surface area is 82.3 Å². The second-order valence-corrected chi connectivity index (χ2v) is 2.90. The van der Waals surface area contributed by atoms with Gasteiger partial charge in [-0.3, -0.25) is 0 Å². The van der Waals surface area contributed by atoms with Crippen LogP contribution in [0, 0.1) is 0 Å². The van der Waals surface area contributed by atoms with Gasteiger partial charge < -0.3 is 15.6 Å². The van der Waals surface area contributed by atoms with E-state index in [1.165, 1.54) is 7.11 Å². The highest BCUT2D eigenvalue weighted by molar-refractivity contribution is 5.89. The number of carbonyl (C=O) groups excluding carboxylic acids is 1. The number of rotatable bonds is 3. The van der Waals surface area contributed by atoms with Crippen LogP contribution in [-0.2, 0) is 4.74 Å². The third-order valence-electron chi connectivity index (χ3n) is 1.96. The molecule has 0 saturated heterocycles. The molecule has 0 fully saturated rings. The molecular formula is C10H13NO3. The lowest BCUT2D eigenvalue weighted by atomic mass is 10.1. The second kappa shape index (κ2) is 4.74. The molecule has 0 aliphatic rings. The number of carbonyl (C=O) groups is 1. The maximum absolute atomic E-state index is 11.1. The van der Waals surface area contributed by atoms with Crippen LogP contribution in [0.3, 0.4) is 0 Å². The predicted octanol–water partition coefficient (Wildman–Crippen LogP) is 0.465. The molecule has 1 aromatic carbocycles. The molecule has 1 atom stereocenters. The van der Waals surface area contributed by atoms with Crippen LogP contribution < -0.4 is 5.73 Å². The zero-order chi connectivity index (χ0) is 10.6. The number of hydrogen-bond acceptors (Lipinski definition) is 4. The van der Waals surface area contributed by atoms with Crippen molar-refractivity contribution >= 4 is 5.97 Å². The van der Waals surface area contributed by atoms with Crippen molar-refractivity contribution in [3.8, 4) is 0 Å². The van der Waals surface area contributed by atoms with Crippen molar-refractivity contribution in [2.45, 2.75) is 6.04 Å². The minimum Gasteiger partial charge on any atom is -0.465 e. The lowest BCUT2D eigenvalue weighted by molar-refractivity contribution is 0.0600. The Bertz CT molecular complexity index is 308. The summed E-state index contributed by atoms with van der Waals surface area (Å²) in [6.07, 6.45) is 0. The summed E-state index contributed by atoms with van der Waals surface area (Å²) in [6.45, 7) is -0.114. The third-order valence-corrected chi connectivity index (χ3v) is 1.96. The summed E-state index contributed by atoms with van der Waals surface area (Å²) in [4.78, 5) is 11.1. The molecule has 0 saturated carbocycles. The van der Waals surface area contributed by atoms with Gasteiger partial charge in [0, 0.05) is 0 Å². The number of aliphatic hydroxyl groups is 1. The molecule has 0 unspecified atom stereocenters. The van der Waals surface area contributed by atoms with Crippen LogP contribution in [0.1, 0.15) is 22.0 Å². The summed E-state index contributed by atoms with van der Waals surface area (Å²) in [6, 6.07) is 6.25. The Morgan fingerprint density at radius 1 is 1.50 bits per heavy atom. The average molecular weight is 195 g/mol. The molecule has 0 radical (unpaired) electrons. The van der Waals surface area contributed by atoms with Crippen LogP contribution in [0.25, 0.3) is 0 Å². The Kier molecular flexibility index (Phi) is 3.62. The van der Waals surface area contributed by atoms with Crippen molar-refractivity contribution < 1.29 is 14.6 Å².